The van der Waals surface area contributed by atoms with Gasteiger partial charge in [-0.1, -0.05) is 0 Å². The van der Waals surface area contributed by atoms with Crippen LogP contribution in [0.25, 0.3) is 0 Å². The van der Waals surface area contributed by atoms with Crippen molar-refractivity contribution in [1.82, 2.24) is 0 Å². The van der Waals surface area contributed by atoms with Crippen LogP contribution in [-0.2, 0) is 4.74 Å². The van der Waals surface area contributed by atoms with Gasteiger partial charge >= 0.3 is 0 Å². The van der Waals surface area contributed by atoms with Crippen LogP contribution in [0.3, 0.4) is 0 Å². The summed E-state index contributed by atoms with van der Waals surface area (Å²) in [5.41, 5.74) is 12.7. The molecule has 0 bridgehead atoms. The summed E-state index contributed by atoms with van der Waals surface area (Å²) >= 11 is 0. The molecule has 1 rings (SSSR count). The number of hydrogen-bond acceptors (Lipinski definition) is 4. The van der Waals surface area contributed by atoms with E-state index in [-0.39, 0.29) is 5.90 Å². The first-order chi connectivity index (χ1) is 6.15. The molecule has 0 aliphatic heterocycles. The maximum Gasteiger partial charge on any atom is 0.213 e. The molecule has 1 aromatic rings. The van der Waals surface area contributed by atoms with E-state index in [1.54, 1.807) is 18.2 Å². The second kappa shape index (κ2) is 3.80. The van der Waals surface area contributed by atoms with Crippen LogP contribution >= 0.6 is 0 Å². The van der Waals surface area contributed by atoms with Crippen molar-refractivity contribution in [2.24, 2.45) is 0 Å². The van der Waals surface area contributed by atoms with Crippen LogP contribution in [0.5, 0.6) is 0 Å². The number of nitrogen functional groups attached to an aromatic ring is 2. The molecular formula is C9H13N3O. The minimum Gasteiger partial charge on any atom is -0.478 e. The molecule has 0 saturated heterocycles. The van der Waals surface area contributed by atoms with Crippen molar-refractivity contribution >= 4 is 17.3 Å². The molecule has 0 aromatic heterocycles. The minimum atomic E-state index is 0.120. The average molecular weight is 179 g/mol. The van der Waals surface area contributed by atoms with Gasteiger partial charge in [0.25, 0.3) is 0 Å². The van der Waals surface area contributed by atoms with Gasteiger partial charge in [0.15, 0.2) is 0 Å². The van der Waals surface area contributed by atoms with Crippen LogP contribution in [0.2, 0.25) is 0 Å². The maximum atomic E-state index is 7.48. The van der Waals surface area contributed by atoms with Gasteiger partial charge < -0.3 is 16.2 Å². The molecule has 0 saturated carbocycles. The molecular weight excluding hydrogens is 166 g/mol. The van der Waals surface area contributed by atoms with Gasteiger partial charge in [-0.3, -0.25) is 5.41 Å². The summed E-state index contributed by atoms with van der Waals surface area (Å²) in [6.45, 7) is 2.30. The summed E-state index contributed by atoms with van der Waals surface area (Å²) < 4.78 is 5.01. The quantitative estimate of drug-likeness (QED) is 0.362. The third kappa shape index (κ3) is 2.11. The molecule has 0 heterocycles. The van der Waals surface area contributed by atoms with Gasteiger partial charge in [0.05, 0.1) is 18.0 Å². The van der Waals surface area contributed by atoms with Crippen LogP contribution < -0.4 is 11.5 Å². The van der Waals surface area contributed by atoms with Crippen molar-refractivity contribution < 1.29 is 4.74 Å². The third-order valence-electron chi connectivity index (χ3n) is 1.64. The smallest absolute Gasteiger partial charge is 0.213 e. The van der Waals surface area contributed by atoms with Crippen LogP contribution in [0, 0.1) is 5.41 Å². The summed E-state index contributed by atoms with van der Waals surface area (Å²) in [6.07, 6.45) is 0. The molecule has 0 aliphatic carbocycles. The fourth-order valence-corrected chi connectivity index (χ4v) is 0.944. The second-order valence-corrected chi connectivity index (χ2v) is 2.61. The fraction of sp³-hybridized carbons (Fsp3) is 0.222. The molecule has 70 valence electrons. The van der Waals surface area contributed by atoms with Crippen molar-refractivity contribution in [2.45, 2.75) is 6.92 Å². The number of ether oxygens (including phenoxy) is 1. The van der Waals surface area contributed by atoms with E-state index in [2.05, 4.69) is 0 Å². The lowest BCUT2D eigenvalue weighted by Gasteiger charge is -2.06. The molecule has 0 radical (unpaired) electrons. The SMILES string of the molecule is CCOC(=N)c1ccc(N)c(N)c1. The zero-order valence-corrected chi connectivity index (χ0v) is 7.50. The van der Waals surface area contributed by atoms with E-state index in [0.29, 0.717) is 23.5 Å². The number of rotatable bonds is 2. The summed E-state index contributed by atoms with van der Waals surface area (Å²) in [4.78, 5) is 0. The second-order valence-electron chi connectivity index (χ2n) is 2.61. The monoisotopic (exact) mass is 179 g/mol. The van der Waals surface area contributed by atoms with Gasteiger partial charge in [-0.15, -0.1) is 0 Å². The van der Waals surface area contributed by atoms with E-state index in [4.69, 9.17) is 21.6 Å². The Labute approximate surface area is 77.0 Å². The fourth-order valence-electron chi connectivity index (χ4n) is 0.944. The van der Waals surface area contributed by atoms with Gasteiger partial charge in [0.2, 0.25) is 5.90 Å². The number of hydrogen-bond donors (Lipinski definition) is 3. The van der Waals surface area contributed by atoms with E-state index >= 15 is 0 Å². The predicted molar refractivity (Wildman–Crippen MR) is 53.7 cm³/mol. The van der Waals surface area contributed by atoms with Crippen LogP contribution in [0.1, 0.15) is 12.5 Å². The lowest BCUT2D eigenvalue weighted by molar-refractivity contribution is 0.325. The Morgan fingerprint density at radius 1 is 1.38 bits per heavy atom. The molecule has 0 aliphatic rings. The highest BCUT2D eigenvalue weighted by Gasteiger charge is 2.03. The highest BCUT2D eigenvalue weighted by atomic mass is 16.5. The van der Waals surface area contributed by atoms with E-state index in [9.17, 15) is 0 Å². The summed E-state index contributed by atoms with van der Waals surface area (Å²) in [6, 6.07) is 5.01. The van der Waals surface area contributed by atoms with Crippen LogP contribution in [-0.4, -0.2) is 12.5 Å². The Morgan fingerprint density at radius 3 is 2.62 bits per heavy atom. The van der Waals surface area contributed by atoms with Crippen molar-refractivity contribution in [1.29, 1.82) is 5.41 Å². The minimum absolute atomic E-state index is 0.120. The first kappa shape index (κ1) is 9.38. The largest absolute Gasteiger partial charge is 0.478 e. The highest BCUT2D eigenvalue weighted by molar-refractivity contribution is 5.93. The molecule has 0 unspecified atom stereocenters. The maximum absolute atomic E-state index is 7.48. The predicted octanol–water partition coefficient (Wildman–Crippen LogP) is 1.21. The molecule has 13 heavy (non-hydrogen) atoms. The Kier molecular flexibility index (Phi) is 2.74. The molecule has 0 amide bonds. The van der Waals surface area contributed by atoms with E-state index in [1.165, 1.54) is 0 Å². The van der Waals surface area contributed by atoms with Gasteiger partial charge in [0.1, 0.15) is 0 Å². The third-order valence-corrected chi connectivity index (χ3v) is 1.64. The van der Waals surface area contributed by atoms with Crippen molar-refractivity contribution in [3.05, 3.63) is 23.8 Å². The van der Waals surface area contributed by atoms with Gasteiger partial charge in [-0.2, -0.15) is 0 Å². The number of benzene rings is 1. The van der Waals surface area contributed by atoms with Gasteiger partial charge in [-0.05, 0) is 25.1 Å². The van der Waals surface area contributed by atoms with Crippen molar-refractivity contribution in [3.63, 3.8) is 0 Å². The van der Waals surface area contributed by atoms with E-state index < -0.39 is 0 Å². The van der Waals surface area contributed by atoms with Gasteiger partial charge in [-0.25, -0.2) is 0 Å². The summed E-state index contributed by atoms with van der Waals surface area (Å²) in [7, 11) is 0. The van der Waals surface area contributed by atoms with E-state index in [0.717, 1.165) is 0 Å². The number of anilines is 2. The van der Waals surface area contributed by atoms with Crippen LogP contribution in [0.4, 0.5) is 11.4 Å². The average Bonchev–Trinajstić information content (AvgIpc) is 2.10. The first-order valence-corrected chi connectivity index (χ1v) is 4.02. The summed E-state index contributed by atoms with van der Waals surface area (Å²) in [5.74, 6) is 0.120. The lowest BCUT2D eigenvalue weighted by Crippen LogP contribution is -2.06. The number of nitrogens with one attached hydrogen (secondary N) is 1. The Morgan fingerprint density at radius 2 is 2.08 bits per heavy atom. The molecule has 1 aromatic carbocycles. The zero-order valence-electron chi connectivity index (χ0n) is 7.50. The first-order valence-electron chi connectivity index (χ1n) is 4.02. The molecule has 5 N–H and O–H groups in total. The number of nitrogens with two attached hydrogens (primary N) is 2. The van der Waals surface area contributed by atoms with Gasteiger partial charge in [0, 0.05) is 5.56 Å². The lowest BCUT2D eigenvalue weighted by atomic mass is 10.2. The molecule has 0 fully saturated rings. The molecule has 0 atom stereocenters. The zero-order chi connectivity index (χ0) is 9.84. The molecule has 4 heteroatoms. The standard InChI is InChI=1S/C9H13N3O/c1-2-13-9(12)6-3-4-7(10)8(11)5-6/h3-5,12H,2,10-11H2,1H3. The normalized spacial score (nSPS) is 9.62. The van der Waals surface area contributed by atoms with Crippen molar-refractivity contribution in [3.8, 4) is 0 Å². The molecule has 4 nitrogen and oxygen atoms in total. The van der Waals surface area contributed by atoms with E-state index in [1.807, 2.05) is 6.92 Å². The summed E-state index contributed by atoms with van der Waals surface area (Å²) in [5, 5.41) is 7.48. The Bertz CT molecular complexity index is 323. The highest BCUT2D eigenvalue weighted by Crippen LogP contribution is 2.16. The van der Waals surface area contributed by atoms with Crippen molar-refractivity contribution in [2.75, 3.05) is 18.1 Å². The molecule has 0 spiro atoms. The Balaban J connectivity index is 2.90. The Hall–Kier alpha value is -1.71. The topological polar surface area (TPSA) is 85.1 Å². The van der Waals surface area contributed by atoms with Crippen LogP contribution in [0.15, 0.2) is 18.2 Å².